The van der Waals surface area contributed by atoms with E-state index in [1.807, 2.05) is 24.4 Å². The first-order valence-corrected chi connectivity index (χ1v) is 7.25. The smallest absolute Gasteiger partial charge is 0.0911 e. The Morgan fingerprint density at radius 1 is 1.21 bits per heavy atom. The maximum atomic E-state index is 11.0. The van der Waals surface area contributed by atoms with E-state index in [0.29, 0.717) is 0 Å². The summed E-state index contributed by atoms with van der Waals surface area (Å²) in [6, 6.07) is 10.2. The van der Waals surface area contributed by atoms with Gasteiger partial charge in [-0.3, -0.25) is 4.98 Å². The van der Waals surface area contributed by atoms with E-state index in [9.17, 15) is 5.11 Å². The topological polar surface area (TPSA) is 33.1 Å². The molecule has 0 amide bonds. The van der Waals surface area contributed by atoms with Gasteiger partial charge in [0.1, 0.15) is 0 Å². The van der Waals surface area contributed by atoms with Gasteiger partial charge in [-0.1, -0.05) is 31.5 Å². The third-order valence-electron chi connectivity index (χ3n) is 4.47. The monoisotopic (exact) mass is 255 g/mol. The van der Waals surface area contributed by atoms with Crippen molar-refractivity contribution in [3.63, 3.8) is 0 Å². The van der Waals surface area contributed by atoms with Crippen LogP contribution in [0.2, 0.25) is 0 Å². The maximum Gasteiger partial charge on any atom is 0.0911 e. The van der Waals surface area contributed by atoms with E-state index in [1.54, 1.807) is 0 Å². The molecule has 2 nitrogen and oxygen atoms in total. The molecule has 100 valence electrons. The largest absolute Gasteiger partial charge is 0.385 e. The van der Waals surface area contributed by atoms with Crippen LogP contribution in [0.5, 0.6) is 0 Å². The molecule has 19 heavy (non-hydrogen) atoms. The number of rotatable bonds is 1. The molecule has 2 heteroatoms. The highest BCUT2D eigenvalue weighted by atomic mass is 16.3. The minimum absolute atomic E-state index is 0.679. The van der Waals surface area contributed by atoms with E-state index in [0.717, 1.165) is 48.1 Å². The highest BCUT2D eigenvalue weighted by molar-refractivity contribution is 5.78. The van der Waals surface area contributed by atoms with Gasteiger partial charge in [-0.2, -0.15) is 0 Å². The van der Waals surface area contributed by atoms with Gasteiger partial charge in [0.05, 0.1) is 11.1 Å². The number of benzene rings is 1. The van der Waals surface area contributed by atoms with E-state index in [4.69, 9.17) is 0 Å². The van der Waals surface area contributed by atoms with Gasteiger partial charge in [-0.15, -0.1) is 0 Å². The molecule has 2 aromatic rings. The summed E-state index contributed by atoms with van der Waals surface area (Å²) in [5.74, 6) is 0.724. The van der Waals surface area contributed by atoms with Gasteiger partial charge in [0.15, 0.2) is 0 Å². The number of fused-ring (bicyclic) bond motifs is 1. The second kappa shape index (κ2) is 4.93. The van der Waals surface area contributed by atoms with Gasteiger partial charge in [0.25, 0.3) is 0 Å². The van der Waals surface area contributed by atoms with Crippen LogP contribution in [0.25, 0.3) is 10.9 Å². The number of pyridine rings is 1. The summed E-state index contributed by atoms with van der Waals surface area (Å²) in [5.41, 5.74) is 1.30. The van der Waals surface area contributed by atoms with Crippen molar-refractivity contribution in [2.45, 2.75) is 44.6 Å². The lowest BCUT2D eigenvalue weighted by atomic mass is 9.86. The highest BCUT2D eigenvalue weighted by Gasteiger charge is 2.32. The summed E-state index contributed by atoms with van der Waals surface area (Å²) >= 11 is 0. The number of para-hydroxylation sites is 1. The molecule has 0 bridgehead atoms. The molecule has 1 aliphatic rings. The van der Waals surface area contributed by atoms with Crippen LogP contribution in [-0.2, 0) is 5.60 Å². The molecule has 3 rings (SSSR count). The van der Waals surface area contributed by atoms with Gasteiger partial charge >= 0.3 is 0 Å². The number of hydrogen-bond acceptors (Lipinski definition) is 2. The molecule has 2 unspecified atom stereocenters. The van der Waals surface area contributed by atoms with Crippen molar-refractivity contribution < 1.29 is 5.11 Å². The normalized spacial score (nSPS) is 28.2. The van der Waals surface area contributed by atoms with Gasteiger partial charge in [0, 0.05) is 17.1 Å². The standard InChI is InChI=1S/C17H21NO/c1-13-5-4-9-17(19,10-8-13)15-11-14-6-2-3-7-16(14)18-12-15/h2-3,6-7,11-13,19H,4-5,8-10H2,1H3. The van der Waals surface area contributed by atoms with Gasteiger partial charge in [-0.25, -0.2) is 0 Å². The van der Waals surface area contributed by atoms with Crippen LogP contribution in [0.4, 0.5) is 0 Å². The van der Waals surface area contributed by atoms with E-state index in [1.165, 1.54) is 6.42 Å². The molecule has 1 N–H and O–H groups in total. The van der Waals surface area contributed by atoms with E-state index in [-0.39, 0.29) is 0 Å². The zero-order chi connectivity index (χ0) is 13.3. The number of hydrogen-bond donors (Lipinski definition) is 1. The Bertz CT molecular complexity index is 580. The van der Waals surface area contributed by atoms with Gasteiger partial charge < -0.3 is 5.11 Å². The Kier molecular flexibility index (Phi) is 3.28. The lowest BCUT2D eigenvalue weighted by molar-refractivity contribution is 0.0196. The van der Waals surface area contributed by atoms with Crippen LogP contribution in [0, 0.1) is 5.92 Å². The lowest BCUT2D eigenvalue weighted by Crippen LogP contribution is -2.25. The summed E-state index contributed by atoms with van der Waals surface area (Å²) in [6.07, 6.45) is 7.00. The fourth-order valence-electron chi connectivity index (χ4n) is 3.11. The van der Waals surface area contributed by atoms with Crippen molar-refractivity contribution in [1.29, 1.82) is 0 Å². The number of aromatic nitrogens is 1. The SMILES string of the molecule is CC1CCCC(O)(c2cnc3ccccc3c2)CC1. The molecule has 0 radical (unpaired) electrons. The third-order valence-corrected chi connectivity index (χ3v) is 4.47. The predicted molar refractivity (Wildman–Crippen MR) is 77.9 cm³/mol. The summed E-state index contributed by atoms with van der Waals surface area (Å²) in [7, 11) is 0. The first-order chi connectivity index (χ1) is 9.17. The summed E-state index contributed by atoms with van der Waals surface area (Å²) < 4.78 is 0. The molecule has 0 aliphatic heterocycles. The van der Waals surface area contributed by atoms with Crippen molar-refractivity contribution in [1.82, 2.24) is 4.98 Å². The minimum atomic E-state index is -0.679. The van der Waals surface area contributed by atoms with Crippen molar-refractivity contribution >= 4 is 10.9 Å². The van der Waals surface area contributed by atoms with Crippen LogP contribution in [0.1, 0.15) is 44.6 Å². The van der Waals surface area contributed by atoms with Crippen LogP contribution in [0.15, 0.2) is 36.5 Å². The van der Waals surface area contributed by atoms with Gasteiger partial charge in [-0.05, 0) is 43.7 Å². The number of aliphatic hydroxyl groups is 1. The Hall–Kier alpha value is -1.41. The van der Waals surface area contributed by atoms with Crippen molar-refractivity contribution in [3.8, 4) is 0 Å². The molecule has 1 heterocycles. The van der Waals surface area contributed by atoms with E-state index < -0.39 is 5.60 Å². The average Bonchev–Trinajstić information content (AvgIpc) is 2.61. The summed E-state index contributed by atoms with van der Waals surface area (Å²) in [4.78, 5) is 4.49. The van der Waals surface area contributed by atoms with E-state index >= 15 is 0 Å². The maximum absolute atomic E-state index is 11.0. The van der Waals surface area contributed by atoms with Crippen LogP contribution in [0.3, 0.4) is 0 Å². The van der Waals surface area contributed by atoms with Crippen LogP contribution < -0.4 is 0 Å². The Balaban J connectivity index is 1.97. The Morgan fingerprint density at radius 2 is 2.05 bits per heavy atom. The molecule has 2 atom stereocenters. The summed E-state index contributed by atoms with van der Waals surface area (Å²) in [6.45, 7) is 2.28. The second-order valence-corrected chi connectivity index (χ2v) is 5.98. The molecular formula is C17H21NO. The molecule has 0 saturated heterocycles. The first kappa shape index (κ1) is 12.6. The third kappa shape index (κ3) is 2.50. The molecule has 1 aromatic carbocycles. The fourth-order valence-corrected chi connectivity index (χ4v) is 3.11. The summed E-state index contributed by atoms with van der Waals surface area (Å²) in [5, 5.41) is 12.1. The zero-order valence-corrected chi connectivity index (χ0v) is 11.5. The second-order valence-electron chi connectivity index (χ2n) is 5.98. The Labute approximate surface area is 114 Å². The molecule has 1 saturated carbocycles. The van der Waals surface area contributed by atoms with Crippen LogP contribution >= 0.6 is 0 Å². The predicted octanol–water partition coefficient (Wildman–Crippen LogP) is 4.02. The number of nitrogens with zero attached hydrogens (tertiary/aromatic N) is 1. The molecule has 0 spiro atoms. The molecule has 1 aromatic heterocycles. The highest BCUT2D eigenvalue weighted by Crippen LogP contribution is 2.38. The zero-order valence-electron chi connectivity index (χ0n) is 11.5. The molecule has 1 aliphatic carbocycles. The molecular weight excluding hydrogens is 234 g/mol. The minimum Gasteiger partial charge on any atom is -0.385 e. The van der Waals surface area contributed by atoms with Crippen molar-refractivity contribution in [2.24, 2.45) is 5.92 Å². The lowest BCUT2D eigenvalue weighted by Gasteiger charge is -2.27. The van der Waals surface area contributed by atoms with Gasteiger partial charge in [0.2, 0.25) is 0 Å². The average molecular weight is 255 g/mol. The van der Waals surface area contributed by atoms with Crippen molar-refractivity contribution in [3.05, 3.63) is 42.1 Å². The Morgan fingerprint density at radius 3 is 2.95 bits per heavy atom. The fraction of sp³-hybridized carbons (Fsp3) is 0.471. The quantitative estimate of drug-likeness (QED) is 0.781. The molecule has 1 fully saturated rings. The van der Waals surface area contributed by atoms with Crippen molar-refractivity contribution in [2.75, 3.05) is 0 Å². The van der Waals surface area contributed by atoms with E-state index in [2.05, 4.69) is 24.0 Å². The van der Waals surface area contributed by atoms with Crippen LogP contribution in [-0.4, -0.2) is 10.1 Å². The first-order valence-electron chi connectivity index (χ1n) is 7.25.